The summed E-state index contributed by atoms with van der Waals surface area (Å²) in [6.07, 6.45) is 26.1. The third-order valence-electron chi connectivity index (χ3n) is 15.6. The average molecular weight is 1580 g/mol. The number of halogens is 4. The molecule has 97 heavy (non-hydrogen) atoms. The Balaban J connectivity index is 0.000000131. The van der Waals surface area contributed by atoms with Crippen molar-refractivity contribution in [2.75, 3.05) is 81.6 Å². The second-order valence-corrected chi connectivity index (χ2v) is 25.9. The van der Waals surface area contributed by atoms with Gasteiger partial charge < -0.3 is 67.7 Å². The van der Waals surface area contributed by atoms with E-state index >= 15 is 0 Å². The van der Waals surface area contributed by atoms with E-state index in [0.29, 0.717) is 68.7 Å². The molecule has 2 fully saturated rings. The van der Waals surface area contributed by atoms with E-state index in [4.69, 9.17) is 5.11 Å². The normalized spacial score (nSPS) is 15.6. The summed E-state index contributed by atoms with van der Waals surface area (Å²) in [4.78, 5) is 36.6. The Kier molecular flexibility index (Phi) is 24.7. The second kappa shape index (κ2) is 34.4. The highest BCUT2D eigenvalue weighted by Crippen LogP contribution is 2.30. The molecule has 2 aliphatic carbocycles. The Morgan fingerprint density at radius 2 is 0.753 bits per heavy atom. The first kappa shape index (κ1) is 69.5. The Morgan fingerprint density at radius 3 is 1.07 bits per heavy atom. The number of hydrogen-bond donors (Lipinski definition) is 12. The van der Waals surface area contributed by atoms with E-state index in [0.717, 1.165) is 125 Å². The van der Waals surface area contributed by atoms with Gasteiger partial charge in [-0.25, -0.2) is 19.9 Å². The van der Waals surface area contributed by atoms with Crippen molar-refractivity contribution in [3.63, 3.8) is 0 Å². The van der Waals surface area contributed by atoms with Gasteiger partial charge in [0.2, 0.25) is 0 Å². The zero-order chi connectivity index (χ0) is 67.5. The molecule has 12 heterocycles. The van der Waals surface area contributed by atoms with Gasteiger partial charge >= 0.3 is 0 Å². The second-order valence-electron chi connectivity index (χ2n) is 22.4. The number of rotatable bonds is 24. The molecule has 4 atom stereocenters. The van der Waals surface area contributed by atoms with Crippen LogP contribution in [0.15, 0.2) is 165 Å². The smallest absolute Gasteiger partial charge is 0.173 e. The van der Waals surface area contributed by atoms with Gasteiger partial charge in [0.1, 0.15) is 46.5 Å². The van der Waals surface area contributed by atoms with Crippen LogP contribution in [0.2, 0.25) is 0 Å². The van der Waals surface area contributed by atoms with Gasteiger partial charge in [0.05, 0.1) is 86.8 Å². The number of aliphatic hydroxyl groups is 5. The minimum absolute atomic E-state index is 0.0221. The van der Waals surface area contributed by atoms with Crippen LogP contribution in [0.1, 0.15) is 60.8 Å². The molecule has 0 aromatic carbocycles. The summed E-state index contributed by atoms with van der Waals surface area (Å²) in [6, 6.07) is 23.3. The predicted octanol–water partition coefficient (Wildman–Crippen LogP) is 8.84. The topological polar surface area (TPSA) is 361 Å². The SMILES string of the molecule is OCCN(CCO)c1cc(NCc2cccnc2)n2ncc(Br)c2n1.OCCNc1cc(NCc2cccnc2)n2ncc(Br)c2n1.O[C@@H]1CCC[C@H]1Nc1cc(NCc2cccnc2)n2ncc(Br)c2n1.O[C@H]1CCC[C@@H]1Nc1cc(NCc2cccnc2)n2ncc(Br)c2n1. The summed E-state index contributed by atoms with van der Waals surface area (Å²) < 4.78 is 10.2. The average Bonchev–Trinajstić information content (AvgIpc) is 1.73. The number of fused-ring (bicyclic) bond motifs is 4. The van der Waals surface area contributed by atoms with Crippen molar-refractivity contribution in [2.45, 2.75) is 89.0 Å². The van der Waals surface area contributed by atoms with Crippen LogP contribution in [0.3, 0.4) is 0 Å². The molecule has 0 unspecified atom stereocenters. The standard InChI is InChI=1S/2C17H19BrN6O.C16H19BrN6O2.C14H15BrN6O/c2*18-12-10-21-24-16(20-9-11-3-2-6-19-8-11)7-15(23-17(12)24)22-13-4-1-5-14(13)25;17-13-11-20-23-14(19-10-12-2-1-3-18-9-12)8-15(21-16(13)23)22(4-6-24)5-7-25;15-11-9-19-21-13(18-8-10-2-1-3-16-7-10)6-12(17-4-5-22)20-14(11)21/h2*2-3,6-8,10,13-14,20,25H,1,4-5,9H2,(H,22,23);1-3,8-9,11,19,24-25H,4-7,10H2;1-3,6-7,9,18,22H,4-5,8H2,(H,17,20)/t2*13-,14-;;/m10../s1. The first-order chi connectivity index (χ1) is 47.4. The molecule has 0 saturated heterocycles. The fourth-order valence-corrected chi connectivity index (χ4v) is 12.2. The van der Waals surface area contributed by atoms with Crippen LogP contribution < -0.4 is 42.1 Å². The van der Waals surface area contributed by atoms with Crippen LogP contribution >= 0.6 is 63.7 Å². The molecule has 0 spiro atoms. The Labute approximate surface area is 590 Å². The van der Waals surface area contributed by atoms with Crippen LogP contribution in [0, 0.1) is 0 Å². The fourth-order valence-electron chi connectivity index (χ4n) is 10.8. The van der Waals surface area contributed by atoms with Crippen LogP contribution in [0.5, 0.6) is 0 Å². The van der Waals surface area contributed by atoms with Crippen LogP contribution in [0.25, 0.3) is 22.6 Å². The van der Waals surface area contributed by atoms with Gasteiger partial charge in [0, 0.05) is 120 Å². The van der Waals surface area contributed by atoms with E-state index in [1.54, 1.807) is 73.8 Å². The Bertz CT molecular complexity index is 4300. The van der Waals surface area contributed by atoms with Crippen molar-refractivity contribution in [3.8, 4) is 0 Å². The molecule has 0 amide bonds. The minimum atomic E-state index is -0.321. The number of aromatic nitrogens is 16. The van der Waals surface area contributed by atoms with E-state index in [9.17, 15) is 20.4 Å². The van der Waals surface area contributed by atoms with Crippen molar-refractivity contribution in [1.29, 1.82) is 0 Å². The largest absolute Gasteiger partial charge is 0.395 e. The molecule has 2 saturated carbocycles. The summed E-state index contributed by atoms with van der Waals surface area (Å²) in [6.45, 7) is 3.70. The van der Waals surface area contributed by atoms with Crippen molar-refractivity contribution in [2.24, 2.45) is 0 Å². The molecule has 0 aliphatic heterocycles. The molecular formula is C64H72Br4N24O5. The zero-order valence-electron chi connectivity index (χ0n) is 52.3. The predicted molar refractivity (Wildman–Crippen MR) is 385 cm³/mol. The third-order valence-corrected chi connectivity index (χ3v) is 17.8. The molecule has 0 radical (unpaired) electrons. The molecule has 0 bridgehead atoms. The minimum Gasteiger partial charge on any atom is -0.395 e. The van der Waals surface area contributed by atoms with Gasteiger partial charge in [-0.2, -0.15) is 38.5 Å². The van der Waals surface area contributed by atoms with Gasteiger partial charge in [0.15, 0.2) is 22.6 Å². The Hall–Kier alpha value is -8.80. The molecular weight excluding hydrogens is 1500 g/mol. The maximum Gasteiger partial charge on any atom is 0.173 e. The van der Waals surface area contributed by atoms with Crippen molar-refractivity contribution in [1.82, 2.24) is 78.3 Å². The highest BCUT2D eigenvalue weighted by atomic mass is 79.9. The van der Waals surface area contributed by atoms with Gasteiger partial charge in [0.25, 0.3) is 0 Å². The lowest BCUT2D eigenvalue weighted by Crippen LogP contribution is -2.30. The lowest BCUT2D eigenvalue weighted by atomic mass is 10.2. The maximum atomic E-state index is 10.1. The van der Waals surface area contributed by atoms with Gasteiger partial charge in [-0.3, -0.25) is 19.9 Å². The van der Waals surface area contributed by atoms with Crippen molar-refractivity contribution in [3.05, 3.63) is 187 Å². The number of nitrogens with zero attached hydrogens (tertiary/aromatic N) is 17. The van der Waals surface area contributed by atoms with E-state index in [1.165, 1.54) is 0 Å². The van der Waals surface area contributed by atoms with Crippen LogP contribution in [0.4, 0.5) is 46.5 Å². The molecule has 14 rings (SSSR count). The zero-order valence-corrected chi connectivity index (χ0v) is 58.7. The van der Waals surface area contributed by atoms with E-state index in [2.05, 4.69) is 161 Å². The molecule has 2 aliphatic rings. The fraction of sp³-hybridized carbons (Fsp3) is 0.312. The molecule has 12 aromatic heterocycles. The van der Waals surface area contributed by atoms with Crippen molar-refractivity contribution < 1.29 is 25.5 Å². The molecule has 12 aromatic rings. The summed E-state index contributed by atoms with van der Waals surface area (Å²) in [5, 5.41) is 88.2. The lowest BCUT2D eigenvalue weighted by molar-refractivity contribution is 0.171. The summed E-state index contributed by atoms with van der Waals surface area (Å²) in [5.74, 6) is 6.02. The monoisotopic (exact) mass is 1570 g/mol. The van der Waals surface area contributed by atoms with Crippen molar-refractivity contribution >= 4 is 133 Å². The van der Waals surface area contributed by atoms with E-state index in [-0.39, 0.29) is 44.1 Å². The highest BCUT2D eigenvalue weighted by Gasteiger charge is 2.27. The number of anilines is 8. The number of nitrogens with one attached hydrogen (secondary N) is 7. The molecule has 12 N–H and O–H groups in total. The Morgan fingerprint density at radius 1 is 0.412 bits per heavy atom. The first-order valence-corrected chi connectivity index (χ1v) is 34.5. The van der Waals surface area contributed by atoms with E-state index in [1.807, 2.05) is 96.3 Å². The molecule has 33 heteroatoms. The molecule has 29 nitrogen and oxygen atoms in total. The van der Waals surface area contributed by atoms with E-state index < -0.39 is 0 Å². The number of hydrogen-bond acceptors (Lipinski definition) is 25. The summed E-state index contributed by atoms with van der Waals surface area (Å²) in [7, 11) is 0. The lowest BCUT2D eigenvalue weighted by Gasteiger charge is -2.22. The summed E-state index contributed by atoms with van der Waals surface area (Å²) in [5.41, 5.74) is 7.10. The van der Waals surface area contributed by atoms with Gasteiger partial charge in [-0.05, 0) is 149 Å². The van der Waals surface area contributed by atoms with Gasteiger partial charge in [-0.15, -0.1) is 0 Å². The van der Waals surface area contributed by atoms with Gasteiger partial charge in [-0.1, -0.05) is 24.3 Å². The molecule has 506 valence electrons. The highest BCUT2D eigenvalue weighted by molar-refractivity contribution is 9.11. The quantitative estimate of drug-likeness (QED) is 0.0269. The maximum absolute atomic E-state index is 10.1. The summed E-state index contributed by atoms with van der Waals surface area (Å²) >= 11 is 13.9. The van der Waals surface area contributed by atoms with Crippen LogP contribution in [-0.4, -0.2) is 168 Å². The van der Waals surface area contributed by atoms with Crippen LogP contribution in [-0.2, 0) is 26.2 Å². The number of aliphatic hydroxyl groups excluding tert-OH is 5. The first-order valence-electron chi connectivity index (χ1n) is 31.3. The third kappa shape index (κ3) is 18.5. The number of pyridine rings is 4.